The molecule has 1 saturated heterocycles. The van der Waals surface area contributed by atoms with Gasteiger partial charge in [0.1, 0.15) is 0 Å². The normalized spacial score (nSPS) is 17.0. The van der Waals surface area contributed by atoms with Gasteiger partial charge in [0.15, 0.2) is 0 Å². The molecule has 1 heterocycles. The Balaban J connectivity index is 1.94. The Hall–Kier alpha value is -0.340. The van der Waals surface area contributed by atoms with E-state index in [1.807, 2.05) is 0 Å². The largest absolute Gasteiger partial charge is 0.297 e. The number of rotatable bonds is 15. The van der Waals surface area contributed by atoms with Crippen molar-refractivity contribution < 1.29 is 4.84 Å². The van der Waals surface area contributed by atoms with Crippen molar-refractivity contribution in [2.75, 3.05) is 13.2 Å². The lowest BCUT2D eigenvalue weighted by Crippen LogP contribution is -2.46. The third-order valence-corrected chi connectivity index (χ3v) is 4.67. The summed E-state index contributed by atoms with van der Waals surface area (Å²) in [6.45, 7) is 6.63. The average Bonchev–Trinajstić information content (AvgIpc) is 2.48. The van der Waals surface area contributed by atoms with Crippen LogP contribution in [0.3, 0.4) is 0 Å². The first-order valence-corrected chi connectivity index (χ1v) is 9.93. The summed E-state index contributed by atoms with van der Waals surface area (Å²) in [5, 5.41) is 2.22. The van der Waals surface area contributed by atoms with Gasteiger partial charge < -0.3 is 0 Å². The van der Waals surface area contributed by atoms with Gasteiger partial charge in [-0.1, -0.05) is 70.9 Å². The molecule has 0 aromatic carbocycles. The van der Waals surface area contributed by atoms with E-state index in [2.05, 4.69) is 31.1 Å². The minimum atomic E-state index is 0.667. The van der Waals surface area contributed by atoms with E-state index in [-0.39, 0.29) is 0 Å². The zero-order chi connectivity index (χ0) is 15.9. The van der Waals surface area contributed by atoms with Crippen LogP contribution in [-0.4, -0.2) is 24.3 Å². The third-order valence-electron chi connectivity index (χ3n) is 4.67. The molecule has 1 rings (SSSR count). The van der Waals surface area contributed by atoms with Crippen LogP contribution in [0.2, 0.25) is 0 Å². The topological polar surface area (TPSA) is 12.5 Å². The van der Waals surface area contributed by atoms with Crippen molar-refractivity contribution in [1.29, 1.82) is 0 Å². The first-order chi connectivity index (χ1) is 10.9. The highest BCUT2D eigenvalue weighted by atomic mass is 16.7. The molecule has 22 heavy (non-hydrogen) atoms. The highest BCUT2D eigenvalue weighted by Crippen LogP contribution is 2.20. The van der Waals surface area contributed by atoms with Crippen molar-refractivity contribution >= 4 is 0 Å². The number of hydroxylamine groups is 2. The fourth-order valence-corrected chi connectivity index (χ4v) is 3.11. The van der Waals surface area contributed by atoms with Gasteiger partial charge in [-0.05, 0) is 38.5 Å². The summed E-state index contributed by atoms with van der Waals surface area (Å²) in [5.74, 6) is 0. The maximum atomic E-state index is 5.56. The number of hydrogen-bond donors (Lipinski definition) is 0. The highest BCUT2D eigenvalue weighted by molar-refractivity contribution is 4.82. The maximum Gasteiger partial charge on any atom is 0.0835 e. The van der Waals surface area contributed by atoms with Gasteiger partial charge in [-0.3, -0.25) is 4.84 Å². The maximum absolute atomic E-state index is 5.56. The smallest absolute Gasteiger partial charge is 0.0835 e. The van der Waals surface area contributed by atoms with E-state index in [1.54, 1.807) is 0 Å². The Morgan fingerprint density at radius 3 is 2.05 bits per heavy atom. The van der Waals surface area contributed by atoms with Gasteiger partial charge in [-0.2, -0.15) is 5.06 Å². The van der Waals surface area contributed by atoms with Crippen LogP contribution >= 0.6 is 0 Å². The molecular formula is C20H39NO. The minimum absolute atomic E-state index is 0.667. The monoisotopic (exact) mass is 309 g/mol. The van der Waals surface area contributed by atoms with Crippen LogP contribution in [0.5, 0.6) is 0 Å². The predicted molar refractivity (Wildman–Crippen MR) is 97.0 cm³/mol. The van der Waals surface area contributed by atoms with Gasteiger partial charge in [0.2, 0.25) is 0 Å². The van der Waals surface area contributed by atoms with Crippen molar-refractivity contribution in [1.82, 2.24) is 5.06 Å². The van der Waals surface area contributed by atoms with E-state index in [1.165, 1.54) is 83.5 Å². The molecule has 2 heteroatoms. The molecule has 0 amide bonds. The number of hydrogen-bond acceptors (Lipinski definition) is 2. The van der Waals surface area contributed by atoms with E-state index in [4.69, 9.17) is 4.84 Å². The molecule has 1 unspecified atom stereocenters. The lowest BCUT2D eigenvalue weighted by Gasteiger charge is -2.37. The SMILES string of the molecule is CCCCCCCC/C=C\CCCC(CCCC)N1CCO1. The van der Waals surface area contributed by atoms with Crippen LogP contribution < -0.4 is 0 Å². The molecule has 1 fully saturated rings. The summed E-state index contributed by atoms with van der Waals surface area (Å²) in [6, 6.07) is 0.667. The van der Waals surface area contributed by atoms with Crippen LogP contribution in [0.4, 0.5) is 0 Å². The van der Waals surface area contributed by atoms with Crippen LogP contribution in [-0.2, 0) is 4.84 Å². The third kappa shape index (κ3) is 9.63. The second kappa shape index (κ2) is 14.3. The molecule has 0 spiro atoms. The molecule has 1 aliphatic heterocycles. The van der Waals surface area contributed by atoms with Crippen LogP contribution in [0.25, 0.3) is 0 Å². The van der Waals surface area contributed by atoms with Crippen LogP contribution in [0.15, 0.2) is 12.2 Å². The Bertz CT molecular complexity index is 260. The van der Waals surface area contributed by atoms with Crippen molar-refractivity contribution in [3.63, 3.8) is 0 Å². The molecule has 0 aromatic rings. The molecular weight excluding hydrogens is 270 g/mol. The lowest BCUT2D eigenvalue weighted by atomic mass is 10.0. The number of allylic oxidation sites excluding steroid dienone is 2. The summed E-state index contributed by atoms with van der Waals surface area (Å²) >= 11 is 0. The zero-order valence-corrected chi connectivity index (χ0v) is 15.2. The van der Waals surface area contributed by atoms with Gasteiger partial charge in [-0.15, -0.1) is 0 Å². The zero-order valence-electron chi connectivity index (χ0n) is 15.2. The summed E-state index contributed by atoms with van der Waals surface area (Å²) in [4.78, 5) is 5.56. The van der Waals surface area contributed by atoms with Crippen molar-refractivity contribution in [2.45, 2.75) is 103 Å². The molecule has 0 aliphatic carbocycles. The summed E-state index contributed by atoms with van der Waals surface area (Å²) in [5.41, 5.74) is 0. The quantitative estimate of drug-likeness (QED) is 0.261. The molecule has 1 atom stereocenters. The van der Waals surface area contributed by atoms with E-state index >= 15 is 0 Å². The Labute approximate surface area is 139 Å². The highest BCUT2D eigenvalue weighted by Gasteiger charge is 2.24. The fraction of sp³-hybridized carbons (Fsp3) is 0.900. The van der Waals surface area contributed by atoms with Crippen molar-refractivity contribution in [2.24, 2.45) is 0 Å². The van der Waals surface area contributed by atoms with Gasteiger partial charge >= 0.3 is 0 Å². The minimum Gasteiger partial charge on any atom is -0.297 e. The summed E-state index contributed by atoms with van der Waals surface area (Å²) in [6.07, 6.45) is 22.3. The summed E-state index contributed by atoms with van der Waals surface area (Å²) < 4.78 is 0. The molecule has 1 aliphatic rings. The predicted octanol–water partition coefficient (Wildman–Crippen LogP) is 6.27. The molecule has 0 aromatic heterocycles. The first kappa shape index (κ1) is 19.7. The lowest BCUT2D eigenvalue weighted by molar-refractivity contribution is -0.272. The Morgan fingerprint density at radius 1 is 0.818 bits per heavy atom. The molecule has 0 saturated carbocycles. The van der Waals surface area contributed by atoms with E-state index in [0.29, 0.717) is 6.04 Å². The van der Waals surface area contributed by atoms with Crippen molar-refractivity contribution in [3.05, 3.63) is 12.2 Å². The van der Waals surface area contributed by atoms with Gasteiger partial charge in [0.05, 0.1) is 6.61 Å². The first-order valence-electron chi connectivity index (χ1n) is 9.93. The van der Waals surface area contributed by atoms with Crippen molar-refractivity contribution in [3.8, 4) is 0 Å². The molecule has 0 bridgehead atoms. The molecule has 0 N–H and O–H groups in total. The fourth-order valence-electron chi connectivity index (χ4n) is 3.11. The summed E-state index contributed by atoms with van der Waals surface area (Å²) in [7, 11) is 0. The van der Waals surface area contributed by atoms with E-state index in [0.717, 1.165) is 13.2 Å². The Morgan fingerprint density at radius 2 is 1.41 bits per heavy atom. The second-order valence-electron chi connectivity index (χ2n) is 6.73. The number of nitrogens with zero attached hydrogens (tertiary/aromatic N) is 1. The van der Waals surface area contributed by atoms with Gasteiger partial charge in [-0.25, -0.2) is 0 Å². The van der Waals surface area contributed by atoms with Crippen LogP contribution in [0.1, 0.15) is 97.3 Å². The Kier molecular flexibility index (Phi) is 12.8. The molecule has 130 valence electrons. The average molecular weight is 310 g/mol. The molecule has 0 radical (unpaired) electrons. The second-order valence-corrected chi connectivity index (χ2v) is 6.73. The van der Waals surface area contributed by atoms with Crippen LogP contribution in [0, 0.1) is 0 Å². The van der Waals surface area contributed by atoms with Gasteiger partial charge in [0.25, 0.3) is 0 Å². The van der Waals surface area contributed by atoms with E-state index in [9.17, 15) is 0 Å². The number of unbranched alkanes of at least 4 members (excludes halogenated alkanes) is 8. The molecule has 2 nitrogen and oxygen atoms in total. The van der Waals surface area contributed by atoms with E-state index < -0.39 is 0 Å². The standard InChI is InChI=1S/C20H39NO/c1-3-5-7-8-9-10-11-12-13-14-15-17-20(16-6-4-2)21-18-19-22-21/h12-13,20H,3-11,14-19H2,1-2H3/b13-12-. The van der Waals surface area contributed by atoms with Gasteiger partial charge in [0, 0.05) is 12.6 Å².